The van der Waals surface area contributed by atoms with E-state index < -0.39 is 18.6 Å². The molecule has 1 aromatic rings. The van der Waals surface area contributed by atoms with Crippen LogP contribution in [0.2, 0.25) is 0 Å². The lowest BCUT2D eigenvalue weighted by molar-refractivity contribution is -0.157. The van der Waals surface area contributed by atoms with Gasteiger partial charge in [0.15, 0.2) is 5.96 Å². The maximum atomic E-state index is 12.3. The van der Waals surface area contributed by atoms with E-state index in [2.05, 4.69) is 46.6 Å². The molecule has 0 spiro atoms. The number of nitrogens with one attached hydrogen (secondary N) is 2. The molecular formula is C19H31F3IN5O. The number of alkyl halides is 3. The molecule has 1 atom stereocenters. The number of carbonyl (C=O) groups excluding carboxylic acids is 1. The second kappa shape index (κ2) is 13.6. The van der Waals surface area contributed by atoms with Gasteiger partial charge in [-0.3, -0.25) is 14.7 Å². The third-order valence-corrected chi connectivity index (χ3v) is 4.35. The van der Waals surface area contributed by atoms with Crippen LogP contribution in [0.1, 0.15) is 18.9 Å². The molecule has 0 aliphatic heterocycles. The number of nitrogens with zero attached hydrogens (tertiary/aromatic N) is 3. The first-order chi connectivity index (χ1) is 13.1. The Balaban J connectivity index is 0.00000784. The highest BCUT2D eigenvalue weighted by Gasteiger charge is 2.31. The number of halogens is 4. The molecule has 0 aromatic heterocycles. The van der Waals surface area contributed by atoms with Gasteiger partial charge in [0.1, 0.15) is 6.54 Å². The average Bonchev–Trinajstić information content (AvgIpc) is 2.63. The number of hydrogen-bond donors (Lipinski definition) is 2. The van der Waals surface area contributed by atoms with Crippen LogP contribution < -0.4 is 10.6 Å². The number of likely N-dealkylation sites (N-methyl/N-ethyl adjacent to an activating group) is 1. The summed E-state index contributed by atoms with van der Waals surface area (Å²) in [5.74, 6) is -0.275. The van der Waals surface area contributed by atoms with Crippen molar-refractivity contribution in [2.24, 2.45) is 4.99 Å². The van der Waals surface area contributed by atoms with Crippen LogP contribution in [-0.2, 0) is 11.3 Å². The van der Waals surface area contributed by atoms with E-state index in [1.54, 1.807) is 7.05 Å². The Kier molecular flexibility index (Phi) is 12.9. The Morgan fingerprint density at radius 3 is 2.34 bits per heavy atom. The fourth-order valence-electron chi connectivity index (χ4n) is 2.52. The van der Waals surface area contributed by atoms with Crippen molar-refractivity contribution in [3.63, 3.8) is 0 Å². The fraction of sp³-hybridized carbons (Fsp3) is 0.579. The zero-order valence-electron chi connectivity index (χ0n) is 17.3. The summed E-state index contributed by atoms with van der Waals surface area (Å²) in [5, 5.41) is 5.83. The number of benzene rings is 1. The summed E-state index contributed by atoms with van der Waals surface area (Å²) in [6.45, 7) is 2.05. The fourth-order valence-corrected chi connectivity index (χ4v) is 2.52. The van der Waals surface area contributed by atoms with Crippen LogP contribution in [0, 0.1) is 0 Å². The van der Waals surface area contributed by atoms with Crippen molar-refractivity contribution in [1.82, 2.24) is 20.4 Å². The lowest BCUT2D eigenvalue weighted by atomic mass is 10.1. The minimum atomic E-state index is -4.41. The maximum Gasteiger partial charge on any atom is 0.406 e. The van der Waals surface area contributed by atoms with E-state index in [1.807, 2.05) is 18.2 Å². The Labute approximate surface area is 187 Å². The van der Waals surface area contributed by atoms with Gasteiger partial charge in [0.25, 0.3) is 0 Å². The summed E-state index contributed by atoms with van der Waals surface area (Å²) in [4.78, 5) is 18.6. The van der Waals surface area contributed by atoms with Crippen molar-refractivity contribution >= 4 is 35.8 Å². The first-order valence-electron chi connectivity index (χ1n) is 9.11. The molecular weight excluding hydrogens is 498 g/mol. The predicted octanol–water partition coefficient (Wildman–Crippen LogP) is 2.70. The van der Waals surface area contributed by atoms with Crippen molar-refractivity contribution in [3.8, 4) is 0 Å². The van der Waals surface area contributed by atoms with Crippen molar-refractivity contribution < 1.29 is 18.0 Å². The van der Waals surface area contributed by atoms with Crippen molar-refractivity contribution in [1.29, 1.82) is 0 Å². The SMILES string of the molecule is CN=C(NCCC(C)N(C)Cc1ccccc1)NCC(=O)N(C)CC(F)(F)F.I. The number of rotatable bonds is 9. The number of hydrogen-bond acceptors (Lipinski definition) is 3. The standard InChI is InChI=1S/C19H30F3N5O.HI/c1-15(26(3)13-16-8-6-5-7-9-16)10-11-24-18(23-2)25-12-17(28)27(4)14-19(20,21)22;/h5-9,15H,10-14H2,1-4H3,(H2,23,24,25);1H. The normalized spacial score (nSPS) is 12.9. The second-order valence-corrected chi connectivity index (χ2v) is 6.76. The van der Waals surface area contributed by atoms with Gasteiger partial charge in [-0.05, 0) is 26.0 Å². The molecule has 1 unspecified atom stereocenters. The smallest absolute Gasteiger partial charge is 0.356 e. The predicted molar refractivity (Wildman–Crippen MR) is 120 cm³/mol. The van der Waals surface area contributed by atoms with Crippen LogP contribution in [0.15, 0.2) is 35.3 Å². The molecule has 0 bridgehead atoms. The van der Waals surface area contributed by atoms with Crippen LogP contribution in [0.3, 0.4) is 0 Å². The van der Waals surface area contributed by atoms with E-state index in [9.17, 15) is 18.0 Å². The van der Waals surface area contributed by atoms with E-state index in [-0.39, 0.29) is 30.5 Å². The van der Waals surface area contributed by atoms with Crippen LogP contribution in [0.4, 0.5) is 13.2 Å². The van der Waals surface area contributed by atoms with E-state index in [0.29, 0.717) is 23.4 Å². The zero-order valence-corrected chi connectivity index (χ0v) is 19.6. The molecule has 166 valence electrons. The molecule has 29 heavy (non-hydrogen) atoms. The molecule has 0 saturated heterocycles. The molecule has 1 rings (SSSR count). The van der Waals surface area contributed by atoms with Crippen LogP contribution in [-0.4, -0.2) is 74.7 Å². The third kappa shape index (κ3) is 11.9. The van der Waals surface area contributed by atoms with Gasteiger partial charge in [-0.15, -0.1) is 24.0 Å². The Morgan fingerprint density at radius 1 is 1.17 bits per heavy atom. The van der Waals surface area contributed by atoms with Crippen LogP contribution in [0.5, 0.6) is 0 Å². The van der Waals surface area contributed by atoms with Crippen LogP contribution >= 0.6 is 24.0 Å². The van der Waals surface area contributed by atoms with Crippen LogP contribution in [0.25, 0.3) is 0 Å². The third-order valence-electron chi connectivity index (χ3n) is 4.35. The van der Waals surface area contributed by atoms with E-state index in [1.165, 1.54) is 5.56 Å². The number of carbonyl (C=O) groups is 1. The average molecular weight is 529 g/mol. The van der Waals surface area contributed by atoms with Crippen molar-refractivity contribution in [3.05, 3.63) is 35.9 Å². The monoisotopic (exact) mass is 529 g/mol. The van der Waals surface area contributed by atoms with Gasteiger partial charge >= 0.3 is 6.18 Å². The minimum Gasteiger partial charge on any atom is -0.356 e. The number of aliphatic imine (C=N–C) groups is 1. The second-order valence-electron chi connectivity index (χ2n) is 6.76. The highest BCUT2D eigenvalue weighted by Crippen LogP contribution is 2.15. The number of amides is 1. The Hall–Kier alpha value is -1.56. The summed E-state index contributed by atoms with van der Waals surface area (Å²) < 4.78 is 37.0. The lowest BCUT2D eigenvalue weighted by Gasteiger charge is -2.25. The number of guanidine groups is 1. The lowest BCUT2D eigenvalue weighted by Crippen LogP contribution is -2.46. The molecule has 0 aliphatic rings. The van der Waals surface area contributed by atoms with Gasteiger partial charge in [-0.25, -0.2) is 0 Å². The molecule has 0 saturated carbocycles. The molecule has 6 nitrogen and oxygen atoms in total. The van der Waals surface area contributed by atoms with Crippen molar-refractivity contribution in [2.45, 2.75) is 32.1 Å². The highest BCUT2D eigenvalue weighted by atomic mass is 127. The zero-order chi connectivity index (χ0) is 21.2. The van der Waals surface area contributed by atoms with Gasteiger partial charge in [-0.1, -0.05) is 30.3 Å². The maximum absolute atomic E-state index is 12.3. The van der Waals surface area contributed by atoms with Crippen molar-refractivity contribution in [2.75, 3.05) is 40.8 Å². The quantitative estimate of drug-likeness (QED) is 0.294. The molecule has 0 radical (unpaired) electrons. The Bertz CT molecular complexity index is 628. The summed E-state index contributed by atoms with van der Waals surface area (Å²) >= 11 is 0. The van der Waals surface area contributed by atoms with Gasteiger partial charge in [0, 0.05) is 33.2 Å². The molecule has 2 N–H and O–H groups in total. The summed E-state index contributed by atoms with van der Waals surface area (Å²) in [6, 6.07) is 10.5. The molecule has 10 heteroatoms. The Morgan fingerprint density at radius 2 is 1.79 bits per heavy atom. The van der Waals surface area contributed by atoms with Gasteiger partial charge in [0.2, 0.25) is 5.91 Å². The molecule has 0 fully saturated rings. The summed E-state index contributed by atoms with van der Waals surface area (Å²) in [6.07, 6.45) is -3.57. The molecule has 1 amide bonds. The molecule has 0 aliphatic carbocycles. The first kappa shape index (κ1) is 27.4. The minimum absolute atomic E-state index is 0. The summed E-state index contributed by atoms with van der Waals surface area (Å²) in [5.41, 5.74) is 1.24. The largest absolute Gasteiger partial charge is 0.406 e. The molecule has 0 heterocycles. The first-order valence-corrected chi connectivity index (χ1v) is 9.11. The van der Waals surface area contributed by atoms with E-state index in [0.717, 1.165) is 20.0 Å². The van der Waals surface area contributed by atoms with E-state index in [4.69, 9.17) is 0 Å². The molecule has 1 aromatic carbocycles. The topological polar surface area (TPSA) is 60.0 Å². The van der Waals surface area contributed by atoms with Gasteiger partial charge < -0.3 is 15.5 Å². The highest BCUT2D eigenvalue weighted by molar-refractivity contribution is 14.0. The van der Waals surface area contributed by atoms with Gasteiger partial charge in [0.05, 0.1) is 6.54 Å². The summed E-state index contributed by atoms with van der Waals surface area (Å²) in [7, 11) is 4.72. The van der Waals surface area contributed by atoms with Gasteiger partial charge in [-0.2, -0.15) is 13.2 Å². The van der Waals surface area contributed by atoms with E-state index >= 15 is 0 Å².